The van der Waals surface area contributed by atoms with Gasteiger partial charge in [-0.1, -0.05) is 23.2 Å². The van der Waals surface area contributed by atoms with Crippen molar-refractivity contribution in [3.8, 4) is 0 Å². The van der Waals surface area contributed by atoms with Crippen LogP contribution in [0.2, 0.25) is 10.0 Å². The zero-order valence-electron chi connectivity index (χ0n) is 10.7. The molecule has 9 heteroatoms. The van der Waals surface area contributed by atoms with Crippen LogP contribution in [0.25, 0.3) is 0 Å². The van der Waals surface area contributed by atoms with Gasteiger partial charge in [0.2, 0.25) is 0 Å². The van der Waals surface area contributed by atoms with Gasteiger partial charge in [-0.05, 0) is 37.3 Å². The molecule has 0 aliphatic carbocycles. The highest BCUT2D eigenvalue weighted by Crippen LogP contribution is 2.25. The minimum Gasteiger partial charge on any atom is -0.307 e. The summed E-state index contributed by atoms with van der Waals surface area (Å²) in [5.74, 6) is 0. The van der Waals surface area contributed by atoms with Crippen molar-refractivity contribution >= 4 is 56.3 Å². The number of halogens is 2. The Morgan fingerprint density at radius 3 is 2.43 bits per heavy atom. The van der Waals surface area contributed by atoms with Crippen molar-refractivity contribution in [1.29, 1.82) is 0 Å². The van der Waals surface area contributed by atoms with Gasteiger partial charge in [0.15, 0.2) is 0 Å². The monoisotopic (exact) mass is 364 g/mol. The van der Waals surface area contributed by atoms with Crippen LogP contribution < -0.4 is 10.0 Å². The molecule has 2 aromatic rings. The molecule has 0 radical (unpaired) electrons. The van der Waals surface area contributed by atoms with Crippen LogP contribution in [0.5, 0.6) is 0 Å². The first kappa shape index (κ1) is 16.1. The average molecular weight is 365 g/mol. The molecule has 0 fully saturated rings. The van der Waals surface area contributed by atoms with Gasteiger partial charge in [0.05, 0.1) is 10.0 Å². The van der Waals surface area contributed by atoms with Gasteiger partial charge in [0.25, 0.3) is 10.0 Å². The van der Waals surface area contributed by atoms with Crippen molar-refractivity contribution in [3.63, 3.8) is 0 Å². The molecule has 2 amide bonds. The Kier molecular flexibility index (Phi) is 4.77. The van der Waals surface area contributed by atoms with Crippen LogP contribution in [-0.4, -0.2) is 14.4 Å². The Labute approximate surface area is 135 Å². The number of thiophene rings is 1. The average Bonchev–Trinajstić information content (AvgIpc) is 2.81. The van der Waals surface area contributed by atoms with Gasteiger partial charge in [-0.3, -0.25) is 0 Å². The molecule has 0 unspecified atom stereocenters. The van der Waals surface area contributed by atoms with E-state index >= 15 is 0 Å². The first-order chi connectivity index (χ1) is 9.78. The van der Waals surface area contributed by atoms with Crippen molar-refractivity contribution in [1.82, 2.24) is 4.72 Å². The van der Waals surface area contributed by atoms with E-state index in [0.717, 1.165) is 16.2 Å². The highest BCUT2D eigenvalue weighted by molar-refractivity contribution is 7.92. The normalized spacial score (nSPS) is 11.2. The summed E-state index contributed by atoms with van der Waals surface area (Å²) < 4.78 is 25.9. The topological polar surface area (TPSA) is 75.3 Å². The van der Waals surface area contributed by atoms with Gasteiger partial charge in [-0.25, -0.2) is 17.9 Å². The lowest BCUT2D eigenvalue weighted by molar-refractivity contribution is 0.256. The van der Waals surface area contributed by atoms with Crippen molar-refractivity contribution in [2.24, 2.45) is 0 Å². The van der Waals surface area contributed by atoms with E-state index in [9.17, 15) is 13.2 Å². The molecular weight excluding hydrogens is 355 g/mol. The molecule has 2 N–H and O–H groups in total. The largest absolute Gasteiger partial charge is 0.333 e. The second kappa shape index (κ2) is 6.23. The molecule has 21 heavy (non-hydrogen) atoms. The predicted molar refractivity (Wildman–Crippen MR) is 84.9 cm³/mol. The fourth-order valence-electron chi connectivity index (χ4n) is 1.46. The first-order valence-corrected chi connectivity index (χ1v) is 8.69. The van der Waals surface area contributed by atoms with E-state index in [4.69, 9.17) is 23.2 Å². The van der Waals surface area contributed by atoms with Gasteiger partial charge in [0.1, 0.15) is 4.21 Å². The molecule has 0 aliphatic heterocycles. The van der Waals surface area contributed by atoms with E-state index in [-0.39, 0.29) is 9.23 Å². The van der Waals surface area contributed by atoms with Crippen molar-refractivity contribution in [2.75, 3.05) is 5.32 Å². The fraction of sp³-hybridized carbons (Fsp3) is 0.0833. The number of urea groups is 1. The fourth-order valence-corrected chi connectivity index (χ4v) is 3.95. The van der Waals surface area contributed by atoms with Gasteiger partial charge >= 0.3 is 6.03 Å². The number of sulfonamides is 1. The zero-order valence-corrected chi connectivity index (χ0v) is 13.8. The SMILES string of the molecule is Cc1ccc(S(=O)(=O)NC(=O)Nc2ccc(Cl)c(Cl)c2)s1. The molecule has 1 heterocycles. The van der Waals surface area contributed by atoms with Crippen molar-refractivity contribution < 1.29 is 13.2 Å². The Hall–Kier alpha value is -1.28. The lowest BCUT2D eigenvalue weighted by Crippen LogP contribution is -2.33. The second-order valence-electron chi connectivity index (χ2n) is 4.05. The number of benzene rings is 1. The van der Waals surface area contributed by atoms with Crippen molar-refractivity contribution in [3.05, 3.63) is 45.3 Å². The van der Waals surface area contributed by atoms with Gasteiger partial charge in [-0.15, -0.1) is 11.3 Å². The number of hydrogen-bond donors (Lipinski definition) is 2. The van der Waals surface area contributed by atoms with Crippen LogP contribution in [0, 0.1) is 6.92 Å². The summed E-state index contributed by atoms with van der Waals surface area (Å²) in [6.45, 7) is 1.78. The summed E-state index contributed by atoms with van der Waals surface area (Å²) in [4.78, 5) is 12.6. The minimum absolute atomic E-state index is 0.0734. The van der Waals surface area contributed by atoms with Crippen LogP contribution in [0.3, 0.4) is 0 Å². The third-order valence-electron chi connectivity index (χ3n) is 2.39. The number of carbonyl (C=O) groups excluding carboxylic acids is 1. The van der Waals surface area contributed by atoms with E-state index in [1.165, 1.54) is 24.3 Å². The Bertz CT molecular complexity index is 788. The number of nitrogens with one attached hydrogen (secondary N) is 2. The van der Waals surface area contributed by atoms with Crippen LogP contribution in [0.1, 0.15) is 4.88 Å². The summed E-state index contributed by atoms with van der Waals surface area (Å²) in [5, 5.41) is 2.97. The van der Waals surface area contributed by atoms with E-state index in [1.54, 1.807) is 13.0 Å². The lowest BCUT2D eigenvalue weighted by Gasteiger charge is -2.08. The number of rotatable bonds is 3. The third kappa shape index (κ3) is 4.10. The highest BCUT2D eigenvalue weighted by Gasteiger charge is 2.19. The maximum Gasteiger partial charge on any atom is 0.333 e. The number of carbonyl (C=O) groups is 1. The number of amides is 2. The highest BCUT2D eigenvalue weighted by atomic mass is 35.5. The summed E-state index contributed by atoms with van der Waals surface area (Å²) in [5.41, 5.74) is 0.333. The first-order valence-electron chi connectivity index (χ1n) is 5.63. The second-order valence-corrected chi connectivity index (χ2v) is 8.07. The Balaban J connectivity index is 2.09. The van der Waals surface area contributed by atoms with Crippen LogP contribution in [-0.2, 0) is 10.0 Å². The molecule has 0 saturated heterocycles. The molecular formula is C12H10Cl2N2O3S2. The van der Waals surface area contributed by atoms with Gasteiger partial charge in [0, 0.05) is 10.6 Å². The standard InChI is InChI=1S/C12H10Cl2N2O3S2/c1-7-2-5-11(20-7)21(18,19)16-12(17)15-8-3-4-9(13)10(14)6-8/h2-6H,1H3,(H2,15,16,17). The molecule has 0 bridgehead atoms. The van der Waals surface area contributed by atoms with Crippen LogP contribution >= 0.6 is 34.5 Å². The van der Waals surface area contributed by atoms with Gasteiger partial charge < -0.3 is 5.32 Å². The maximum atomic E-state index is 12.0. The van der Waals surface area contributed by atoms with E-state index in [0.29, 0.717) is 10.7 Å². The lowest BCUT2D eigenvalue weighted by atomic mass is 10.3. The molecule has 1 aromatic heterocycles. The Morgan fingerprint density at radius 1 is 1.14 bits per heavy atom. The molecule has 0 spiro atoms. The minimum atomic E-state index is -3.88. The molecule has 0 saturated carbocycles. The number of anilines is 1. The molecule has 2 rings (SSSR count). The quantitative estimate of drug-likeness (QED) is 0.867. The van der Waals surface area contributed by atoms with Crippen molar-refractivity contribution in [2.45, 2.75) is 11.1 Å². The molecule has 0 aliphatic rings. The third-order valence-corrected chi connectivity index (χ3v) is 5.95. The number of hydrogen-bond acceptors (Lipinski definition) is 4. The maximum absolute atomic E-state index is 12.0. The summed E-state index contributed by atoms with van der Waals surface area (Å²) in [6, 6.07) is 6.65. The Morgan fingerprint density at radius 2 is 1.86 bits per heavy atom. The van der Waals surface area contributed by atoms with Crippen LogP contribution in [0.4, 0.5) is 10.5 Å². The zero-order chi connectivity index (χ0) is 15.6. The van der Waals surface area contributed by atoms with E-state index < -0.39 is 16.1 Å². The summed E-state index contributed by atoms with van der Waals surface area (Å²) in [6.07, 6.45) is 0. The predicted octanol–water partition coefficient (Wildman–Crippen LogP) is 3.87. The molecule has 5 nitrogen and oxygen atoms in total. The molecule has 0 atom stereocenters. The smallest absolute Gasteiger partial charge is 0.307 e. The molecule has 112 valence electrons. The number of aryl methyl sites for hydroxylation is 1. The van der Waals surface area contributed by atoms with Gasteiger partial charge in [-0.2, -0.15) is 0 Å². The van der Waals surface area contributed by atoms with E-state index in [2.05, 4.69) is 5.32 Å². The summed E-state index contributed by atoms with van der Waals surface area (Å²) >= 11 is 12.6. The molecule has 1 aromatic carbocycles. The van der Waals surface area contributed by atoms with Crippen LogP contribution in [0.15, 0.2) is 34.5 Å². The summed E-state index contributed by atoms with van der Waals surface area (Å²) in [7, 11) is -3.88. The van der Waals surface area contributed by atoms with E-state index in [1.807, 2.05) is 4.72 Å².